The highest BCUT2D eigenvalue weighted by atomic mass is 35.5. The van der Waals surface area contributed by atoms with E-state index >= 15 is 0 Å². The molecule has 0 saturated carbocycles. The molecule has 2 aromatic rings. The van der Waals surface area contributed by atoms with Gasteiger partial charge in [0, 0.05) is 16.4 Å². The predicted molar refractivity (Wildman–Crippen MR) is 107 cm³/mol. The lowest BCUT2D eigenvalue weighted by molar-refractivity contribution is -0.138. The second-order valence-corrected chi connectivity index (χ2v) is 6.20. The van der Waals surface area contributed by atoms with Crippen LogP contribution in [0.2, 0.25) is 10.0 Å². The molecule has 0 unspecified atom stereocenters. The van der Waals surface area contributed by atoms with Crippen LogP contribution in [0.25, 0.3) is 0 Å². The Morgan fingerprint density at radius 3 is 2.04 bits per heavy atom. The molecular weight excluding hydrogens is 407 g/mol. The Kier molecular flexibility index (Phi) is 7.43. The molecule has 9 heteroatoms. The van der Waals surface area contributed by atoms with Gasteiger partial charge in [-0.1, -0.05) is 23.2 Å². The van der Waals surface area contributed by atoms with Crippen LogP contribution in [0.4, 0.5) is 11.4 Å². The molecular formula is C19H16Cl2N2O5. The van der Waals surface area contributed by atoms with Crippen LogP contribution in [0.1, 0.15) is 10.4 Å². The van der Waals surface area contributed by atoms with Gasteiger partial charge in [-0.15, -0.1) is 0 Å². The van der Waals surface area contributed by atoms with Crippen LogP contribution in [0.15, 0.2) is 54.2 Å². The summed E-state index contributed by atoms with van der Waals surface area (Å²) < 4.78 is 9.12. The first-order valence-corrected chi connectivity index (χ1v) is 8.61. The van der Waals surface area contributed by atoms with E-state index in [0.29, 0.717) is 16.4 Å². The number of esters is 2. The topological polar surface area (TPSA) is 93.7 Å². The van der Waals surface area contributed by atoms with Gasteiger partial charge in [0.05, 0.1) is 30.9 Å². The van der Waals surface area contributed by atoms with Gasteiger partial charge < -0.3 is 20.1 Å². The Hall–Kier alpha value is -3.03. The molecule has 0 heterocycles. The number of amides is 1. The van der Waals surface area contributed by atoms with Crippen molar-refractivity contribution >= 4 is 52.4 Å². The minimum Gasteiger partial charge on any atom is -0.466 e. The number of carbonyl (C=O) groups is 3. The van der Waals surface area contributed by atoms with E-state index in [1.165, 1.54) is 26.4 Å². The van der Waals surface area contributed by atoms with Crippen LogP contribution in [0, 0.1) is 0 Å². The van der Waals surface area contributed by atoms with Gasteiger partial charge in [0.1, 0.15) is 5.70 Å². The molecule has 0 radical (unpaired) electrons. The molecule has 0 aliphatic heterocycles. The lowest BCUT2D eigenvalue weighted by Gasteiger charge is -2.11. The highest BCUT2D eigenvalue weighted by molar-refractivity contribution is 6.37. The molecule has 146 valence electrons. The second-order valence-electron chi connectivity index (χ2n) is 5.35. The largest absolute Gasteiger partial charge is 0.466 e. The maximum Gasteiger partial charge on any atom is 0.354 e. The molecule has 2 N–H and O–H groups in total. The Morgan fingerprint density at radius 1 is 0.893 bits per heavy atom. The fraction of sp³-hybridized carbons (Fsp3) is 0.105. The number of hydrogen-bond acceptors (Lipinski definition) is 6. The predicted octanol–water partition coefficient (Wildman–Crippen LogP) is 3.89. The minimum atomic E-state index is -0.736. The maximum absolute atomic E-state index is 12.3. The Labute approximate surface area is 171 Å². The van der Waals surface area contributed by atoms with Crippen LogP contribution in [-0.4, -0.2) is 32.1 Å². The van der Waals surface area contributed by atoms with Crippen LogP contribution < -0.4 is 10.6 Å². The molecule has 1 amide bonds. The van der Waals surface area contributed by atoms with Gasteiger partial charge in [-0.2, -0.15) is 0 Å². The molecule has 2 aromatic carbocycles. The molecule has 0 aromatic heterocycles. The molecule has 0 spiro atoms. The first-order valence-electron chi connectivity index (χ1n) is 7.85. The van der Waals surface area contributed by atoms with Crippen molar-refractivity contribution in [3.05, 3.63) is 69.8 Å². The fourth-order valence-corrected chi connectivity index (χ4v) is 2.59. The minimum absolute atomic E-state index is 0.0981. The molecule has 0 saturated heterocycles. The molecule has 7 nitrogen and oxygen atoms in total. The van der Waals surface area contributed by atoms with Crippen LogP contribution >= 0.6 is 23.2 Å². The Morgan fingerprint density at radius 2 is 1.50 bits per heavy atom. The average molecular weight is 423 g/mol. The normalized spacial score (nSPS) is 10.8. The number of rotatable bonds is 6. The van der Waals surface area contributed by atoms with E-state index in [0.717, 1.165) is 6.08 Å². The number of halogens is 2. The molecule has 0 aliphatic carbocycles. The lowest BCUT2D eigenvalue weighted by Crippen LogP contribution is -2.15. The van der Waals surface area contributed by atoms with E-state index < -0.39 is 17.8 Å². The Balaban J connectivity index is 2.11. The Bertz CT molecular complexity index is 926. The number of carbonyl (C=O) groups excluding carboxylic acids is 3. The van der Waals surface area contributed by atoms with Gasteiger partial charge in [-0.25, -0.2) is 9.59 Å². The number of benzene rings is 2. The molecule has 28 heavy (non-hydrogen) atoms. The van der Waals surface area contributed by atoms with E-state index in [1.54, 1.807) is 30.3 Å². The summed E-state index contributed by atoms with van der Waals surface area (Å²) in [6.45, 7) is 0. The molecule has 0 atom stereocenters. The van der Waals surface area contributed by atoms with Crippen molar-refractivity contribution in [2.75, 3.05) is 24.9 Å². The van der Waals surface area contributed by atoms with Crippen molar-refractivity contribution in [2.24, 2.45) is 0 Å². The summed E-state index contributed by atoms with van der Waals surface area (Å²) in [4.78, 5) is 35.4. The van der Waals surface area contributed by atoms with Crippen molar-refractivity contribution in [3.8, 4) is 0 Å². The summed E-state index contributed by atoms with van der Waals surface area (Å²) in [5, 5.41) is 6.12. The van der Waals surface area contributed by atoms with Crippen LogP contribution in [0.5, 0.6) is 0 Å². The first-order chi connectivity index (χ1) is 13.3. The van der Waals surface area contributed by atoms with Gasteiger partial charge in [0.15, 0.2) is 0 Å². The third kappa shape index (κ3) is 5.73. The van der Waals surface area contributed by atoms with Crippen molar-refractivity contribution in [3.63, 3.8) is 0 Å². The van der Waals surface area contributed by atoms with Crippen molar-refractivity contribution in [1.29, 1.82) is 0 Å². The zero-order valence-corrected chi connectivity index (χ0v) is 16.4. The zero-order chi connectivity index (χ0) is 20.7. The zero-order valence-electron chi connectivity index (χ0n) is 14.9. The van der Waals surface area contributed by atoms with E-state index in [2.05, 4.69) is 20.1 Å². The van der Waals surface area contributed by atoms with Gasteiger partial charge in [-0.3, -0.25) is 4.79 Å². The van der Waals surface area contributed by atoms with Crippen molar-refractivity contribution in [1.82, 2.24) is 0 Å². The van der Waals surface area contributed by atoms with E-state index in [1.807, 2.05) is 0 Å². The van der Waals surface area contributed by atoms with E-state index in [4.69, 9.17) is 23.2 Å². The van der Waals surface area contributed by atoms with Crippen LogP contribution in [0.3, 0.4) is 0 Å². The number of methoxy groups -OCH3 is 2. The summed E-state index contributed by atoms with van der Waals surface area (Å²) in [6.07, 6.45) is 0.976. The standard InChI is InChI=1S/C19H16Cl2N2O5/c1-27-17(24)10-16(19(26)28-2)22-12-4-6-13(7-5-12)23-18(25)14-8-3-11(20)9-15(14)21/h3-10,22H,1-2H3,(H,23,25)/b16-10+. The number of ether oxygens (including phenoxy) is 2. The molecule has 0 aliphatic rings. The highest BCUT2D eigenvalue weighted by Gasteiger charge is 2.14. The second kappa shape index (κ2) is 9.77. The lowest BCUT2D eigenvalue weighted by atomic mass is 10.2. The number of nitrogens with one attached hydrogen (secondary N) is 2. The van der Waals surface area contributed by atoms with Crippen molar-refractivity contribution in [2.45, 2.75) is 0 Å². The fourth-order valence-electron chi connectivity index (χ4n) is 2.10. The quantitative estimate of drug-likeness (QED) is 0.541. The average Bonchev–Trinajstić information content (AvgIpc) is 2.67. The summed E-state index contributed by atoms with van der Waals surface area (Å²) in [6, 6.07) is 11.0. The summed E-state index contributed by atoms with van der Waals surface area (Å²) in [5.41, 5.74) is 1.17. The number of hydrogen-bond donors (Lipinski definition) is 2. The third-order valence-electron chi connectivity index (χ3n) is 3.47. The molecule has 2 rings (SSSR count). The maximum atomic E-state index is 12.3. The highest BCUT2D eigenvalue weighted by Crippen LogP contribution is 2.23. The van der Waals surface area contributed by atoms with Gasteiger partial charge >= 0.3 is 11.9 Å². The summed E-state index contributed by atoms with van der Waals surface area (Å²) >= 11 is 11.9. The third-order valence-corrected chi connectivity index (χ3v) is 4.01. The monoisotopic (exact) mass is 422 g/mol. The van der Waals surface area contributed by atoms with E-state index in [9.17, 15) is 14.4 Å². The summed E-state index contributed by atoms with van der Waals surface area (Å²) in [7, 11) is 2.38. The smallest absolute Gasteiger partial charge is 0.354 e. The number of anilines is 2. The first kappa shape index (κ1) is 21.3. The SMILES string of the molecule is COC(=O)/C=C(/Nc1ccc(NC(=O)c2ccc(Cl)cc2Cl)cc1)C(=O)OC. The van der Waals surface area contributed by atoms with Crippen LogP contribution in [-0.2, 0) is 19.1 Å². The van der Waals surface area contributed by atoms with Gasteiger partial charge in [0.2, 0.25) is 0 Å². The molecule has 0 bridgehead atoms. The molecule has 0 fully saturated rings. The van der Waals surface area contributed by atoms with Gasteiger partial charge in [-0.05, 0) is 42.5 Å². The summed E-state index contributed by atoms with van der Waals surface area (Å²) in [5.74, 6) is -1.85. The van der Waals surface area contributed by atoms with E-state index in [-0.39, 0.29) is 16.3 Å². The van der Waals surface area contributed by atoms with Gasteiger partial charge in [0.25, 0.3) is 5.91 Å². The van der Waals surface area contributed by atoms with Crippen molar-refractivity contribution < 1.29 is 23.9 Å².